The number of carbonyl (C=O) groups excluding carboxylic acids is 1. The van der Waals surface area contributed by atoms with Crippen LogP contribution in [0.3, 0.4) is 0 Å². The van der Waals surface area contributed by atoms with Gasteiger partial charge in [0.05, 0.1) is 0 Å². The Morgan fingerprint density at radius 1 is 1.16 bits per heavy atom. The van der Waals surface area contributed by atoms with Gasteiger partial charge < -0.3 is 11.5 Å². The summed E-state index contributed by atoms with van der Waals surface area (Å²) in [6.45, 7) is 1.89. The van der Waals surface area contributed by atoms with Crippen molar-refractivity contribution in [3.63, 3.8) is 0 Å². The number of piperidine rings is 1. The summed E-state index contributed by atoms with van der Waals surface area (Å²) in [4.78, 5) is 13.7. The number of likely N-dealkylation sites (tertiary alicyclic amines) is 1. The average Bonchev–Trinajstić information content (AvgIpc) is 2.77. The van der Waals surface area contributed by atoms with E-state index in [0.29, 0.717) is 6.04 Å². The van der Waals surface area contributed by atoms with Gasteiger partial charge in [0.2, 0.25) is 5.91 Å². The third kappa shape index (κ3) is 2.26. The zero-order chi connectivity index (χ0) is 13.4. The molecule has 0 aromatic heterocycles. The molecule has 102 valence electrons. The van der Waals surface area contributed by atoms with Crippen molar-refractivity contribution in [3.8, 4) is 0 Å². The minimum absolute atomic E-state index is 0.0570. The first-order valence-electron chi connectivity index (χ1n) is 7.04. The first kappa shape index (κ1) is 12.6. The van der Waals surface area contributed by atoms with Gasteiger partial charge in [0.15, 0.2) is 0 Å². The van der Waals surface area contributed by atoms with E-state index in [1.54, 1.807) is 0 Å². The fourth-order valence-corrected chi connectivity index (χ4v) is 3.49. The van der Waals surface area contributed by atoms with Gasteiger partial charge in [-0.15, -0.1) is 0 Å². The highest BCUT2D eigenvalue weighted by Gasteiger charge is 2.34. The molecule has 1 heterocycles. The van der Waals surface area contributed by atoms with E-state index < -0.39 is 0 Å². The number of nitrogens with zero attached hydrogens (tertiary/aromatic N) is 1. The number of nitrogens with two attached hydrogens (primary N) is 2. The van der Waals surface area contributed by atoms with Gasteiger partial charge in [-0.05, 0) is 43.5 Å². The molecular weight excluding hydrogens is 238 g/mol. The zero-order valence-corrected chi connectivity index (χ0v) is 11.1. The SMILES string of the molecule is NC(=O)C1CCN(C2CC(N)c3ccccc32)CC1. The highest BCUT2D eigenvalue weighted by atomic mass is 16.1. The van der Waals surface area contributed by atoms with Crippen LogP contribution in [0.2, 0.25) is 0 Å². The lowest BCUT2D eigenvalue weighted by atomic mass is 9.94. The van der Waals surface area contributed by atoms with Crippen LogP contribution in [0.15, 0.2) is 24.3 Å². The topological polar surface area (TPSA) is 72.4 Å². The van der Waals surface area contributed by atoms with Crippen LogP contribution in [0.4, 0.5) is 0 Å². The van der Waals surface area contributed by atoms with Crippen LogP contribution in [0.1, 0.15) is 42.5 Å². The second-order valence-corrected chi connectivity index (χ2v) is 5.70. The Morgan fingerprint density at radius 3 is 2.42 bits per heavy atom. The number of hydrogen-bond acceptors (Lipinski definition) is 3. The summed E-state index contributed by atoms with van der Waals surface area (Å²) < 4.78 is 0. The second kappa shape index (κ2) is 4.94. The molecule has 2 unspecified atom stereocenters. The third-order valence-corrected chi connectivity index (χ3v) is 4.60. The molecule has 1 aliphatic heterocycles. The summed E-state index contributed by atoms with van der Waals surface area (Å²) in [6.07, 6.45) is 2.74. The van der Waals surface area contributed by atoms with Gasteiger partial charge in [0.1, 0.15) is 0 Å². The molecular formula is C15H21N3O. The minimum atomic E-state index is -0.150. The van der Waals surface area contributed by atoms with Crippen molar-refractivity contribution >= 4 is 5.91 Å². The Labute approximate surface area is 113 Å². The number of primary amides is 1. The third-order valence-electron chi connectivity index (χ3n) is 4.60. The van der Waals surface area contributed by atoms with Gasteiger partial charge in [0.25, 0.3) is 0 Å². The lowest BCUT2D eigenvalue weighted by Crippen LogP contribution is -2.40. The number of amides is 1. The first-order chi connectivity index (χ1) is 9.16. The van der Waals surface area contributed by atoms with E-state index in [1.807, 2.05) is 0 Å². The van der Waals surface area contributed by atoms with Crippen LogP contribution in [0, 0.1) is 5.92 Å². The predicted octanol–water partition coefficient (Wildman–Crippen LogP) is 1.33. The van der Waals surface area contributed by atoms with Gasteiger partial charge in [-0.25, -0.2) is 0 Å². The summed E-state index contributed by atoms with van der Waals surface area (Å²) in [6, 6.07) is 9.03. The molecule has 4 N–H and O–H groups in total. The maximum Gasteiger partial charge on any atom is 0.220 e. The lowest BCUT2D eigenvalue weighted by molar-refractivity contribution is -0.123. The highest BCUT2D eigenvalue weighted by molar-refractivity contribution is 5.76. The van der Waals surface area contributed by atoms with E-state index >= 15 is 0 Å². The van der Waals surface area contributed by atoms with Gasteiger partial charge in [0, 0.05) is 18.0 Å². The Hall–Kier alpha value is -1.39. The molecule has 1 aromatic rings. The van der Waals surface area contributed by atoms with Gasteiger partial charge >= 0.3 is 0 Å². The van der Waals surface area contributed by atoms with Crippen molar-refractivity contribution in [2.75, 3.05) is 13.1 Å². The number of benzene rings is 1. The summed E-state index contributed by atoms with van der Waals surface area (Å²) in [5.41, 5.74) is 14.3. The van der Waals surface area contributed by atoms with Gasteiger partial charge in [-0.1, -0.05) is 24.3 Å². The van der Waals surface area contributed by atoms with E-state index in [9.17, 15) is 4.79 Å². The van der Waals surface area contributed by atoms with E-state index in [4.69, 9.17) is 11.5 Å². The summed E-state index contributed by atoms with van der Waals surface area (Å²) >= 11 is 0. The smallest absolute Gasteiger partial charge is 0.220 e. The molecule has 3 rings (SSSR count). The highest BCUT2D eigenvalue weighted by Crippen LogP contribution is 2.42. The van der Waals surface area contributed by atoms with Crippen LogP contribution in [-0.2, 0) is 4.79 Å². The predicted molar refractivity (Wildman–Crippen MR) is 74.2 cm³/mol. The van der Waals surface area contributed by atoms with Crippen molar-refractivity contribution in [2.24, 2.45) is 17.4 Å². The van der Waals surface area contributed by atoms with E-state index in [0.717, 1.165) is 32.4 Å². The standard InChI is InChI=1S/C15H21N3O/c16-13-9-14(12-4-2-1-3-11(12)13)18-7-5-10(6-8-18)15(17)19/h1-4,10,13-14H,5-9,16H2,(H2,17,19). The molecule has 4 heteroatoms. The van der Waals surface area contributed by atoms with Crippen LogP contribution < -0.4 is 11.5 Å². The summed E-state index contributed by atoms with van der Waals surface area (Å²) in [5, 5.41) is 0. The molecule has 1 saturated heterocycles. The first-order valence-corrected chi connectivity index (χ1v) is 7.04. The molecule has 2 atom stereocenters. The van der Waals surface area contributed by atoms with E-state index in [-0.39, 0.29) is 17.9 Å². The zero-order valence-electron chi connectivity index (χ0n) is 11.1. The minimum Gasteiger partial charge on any atom is -0.369 e. The molecule has 1 amide bonds. The van der Waals surface area contributed by atoms with Crippen molar-refractivity contribution in [1.82, 2.24) is 4.90 Å². The maximum absolute atomic E-state index is 11.2. The number of rotatable bonds is 2. The van der Waals surface area contributed by atoms with E-state index in [2.05, 4.69) is 29.2 Å². The maximum atomic E-state index is 11.2. The quantitative estimate of drug-likeness (QED) is 0.841. The Balaban J connectivity index is 1.74. The number of hydrogen-bond donors (Lipinski definition) is 2. The van der Waals surface area contributed by atoms with Gasteiger partial charge in [-0.2, -0.15) is 0 Å². The Morgan fingerprint density at radius 2 is 1.79 bits per heavy atom. The second-order valence-electron chi connectivity index (χ2n) is 5.70. The number of carbonyl (C=O) groups is 1. The fourth-order valence-electron chi connectivity index (χ4n) is 3.49. The van der Waals surface area contributed by atoms with Crippen LogP contribution in [0.5, 0.6) is 0 Å². The molecule has 1 aliphatic carbocycles. The molecule has 2 aliphatic rings. The van der Waals surface area contributed by atoms with Gasteiger partial charge in [-0.3, -0.25) is 9.69 Å². The summed E-state index contributed by atoms with van der Waals surface area (Å²) in [7, 11) is 0. The normalized spacial score (nSPS) is 28.3. The molecule has 0 radical (unpaired) electrons. The monoisotopic (exact) mass is 259 g/mol. The molecule has 1 fully saturated rings. The van der Waals surface area contributed by atoms with Crippen molar-refractivity contribution in [3.05, 3.63) is 35.4 Å². The van der Waals surface area contributed by atoms with E-state index in [1.165, 1.54) is 11.1 Å². The van der Waals surface area contributed by atoms with Crippen LogP contribution in [-0.4, -0.2) is 23.9 Å². The molecule has 1 aromatic carbocycles. The molecule has 0 bridgehead atoms. The average molecular weight is 259 g/mol. The number of fused-ring (bicyclic) bond motifs is 1. The molecule has 19 heavy (non-hydrogen) atoms. The molecule has 0 saturated carbocycles. The fraction of sp³-hybridized carbons (Fsp3) is 0.533. The Bertz CT molecular complexity index is 480. The Kier molecular flexibility index (Phi) is 3.29. The van der Waals surface area contributed by atoms with Crippen LogP contribution in [0.25, 0.3) is 0 Å². The largest absolute Gasteiger partial charge is 0.369 e. The van der Waals surface area contributed by atoms with Crippen LogP contribution >= 0.6 is 0 Å². The molecule has 0 spiro atoms. The van der Waals surface area contributed by atoms with Crippen molar-refractivity contribution < 1.29 is 4.79 Å². The van der Waals surface area contributed by atoms with Crippen molar-refractivity contribution in [2.45, 2.75) is 31.3 Å². The summed E-state index contributed by atoms with van der Waals surface area (Å²) in [5.74, 6) is -0.0928. The lowest BCUT2D eigenvalue weighted by Gasteiger charge is -2.35. The van der Waals surface area contributed by atoms with Crippen molar-refractivity contribution in [1.29, 1.82) is 0 Å². The molecule has 4 nitrogen and oxygen atoms in total.